The maximum absolute atomic E-state index is 5.61. The highest BCUT2D eigenvalue weighted by molar-refractivity contribution is 7.15. The van der Waals surface area contributed by atoms with E-state index < -0.39 is 0 Å². The lowest BCUT2D eigenvalue weighted by Crippen LogP contribution is -2.35. The van der Waals surface area contributed by atoms with Crippen molar-refractivity contribution in [3.8, 4) is 0 Å². The number of hydrogen-bond donors (Lipinski definition) is 2. The van der Waals surface area contributed by atoms with Gasteiger partial charge < -0.3 is 11.1 Å². The van der Waals surface area contributed by atoms with Gasteiger partial charge in [0.05, 0.1) is 0 Å². The summed E-state index contributed by atoms with van der Waals surface area (Å²) >= 11 is 1.58. The molecule has 1 aromatic rings. The number of nitrogen functional groups attached to an aromatic ring is 1. The molecule has 0 radical (unpaired) electrons. The molecular weight excluding hydrogens is 218 g/mol. The van der Waals surface area contributed by atoms with Crippen molar-refractivity contribution in [2.24, 2.45) is 11.8 Å². The molecule has 0 spiro atoms. The van der Waals surface area contributed by atoms with Gasteiger partial charge in [0, 0.05) is 23.7 Å². The monoisotopic (exact) mass is 239 g/mol. The van der Waals surface area contributed by atoms with Gasteiger partial charge in [-0.2, -0.15) is 0 Å². The molecule has 1 fully saturated rings. The van der Waals surface area contributed by atoms with Crippen LogP contribution in [0.15, 0.2) is 6.20 Å². The van der Waals surface area contributed by atoms with Crippen LogP contribution in [0.4, 0.5) is 5.13 Å². The molecule has 0 aromatic carbocycles. The minimum absolute atomic E-state index is 0.669. The third-order valence-corrected chi connectivity index (χ3v) is 4.14. The van der Waals surface area contributed by atoms with Crippen LogP contribution in [-0.4, -0.2) is 11.0 Å². The molecule has 1 aliphatic rings. The van der Waals surface area contributed by atoms with Crippen LogP contribution in [0.25, 0.3) is 0 Å². The van der Waals surface area contributed by atoms with Gasteiger partial charge in [0.15, 0.2) is 5.13 Å². The molecule has 4 heteroatoms. The van der Waals surface area contributed by atoms with Gasteiger partial charge in [-0.3, -0.25) is 0 Å². The number of rotatable bonds is 3. The summed E-state index contributed by atoms with van der Waals surface area (Å²) in [6.45, 7) is 5.63. The van der Waals surface area contributed by atoms with Gasteiger partial charge in [0.1, 0.15) is 0 Å². The third-order valence-electron chi connectivity index (χ3n) is 3.31. The minimum atomic E-state index is 0.669. The number of nitrogens with two attached hydrogens (primary N) is 1. The number of nitrogens with zero attached hydrogens (tertiary/aromatic N) is 1. The van der Waals surface area contributed by atoms with Gasteiger partial charge in [0.25, 0.3) is 0 Å². The predicted molar refractivity (Wildman–Crippen MR) is 69.3 cm³/mol. The van der Waals surface area contributed by atoms with Crippen molar-refractivity contribution < 1.29 is 0 Å². The van der Waals surface area contributed by atoms with Gasteiger partial charge in [-0.05, 0) is 31.1 Å². The topological polar surface area (TPSA) is 50.9 Å². The van der Waals surface area contributed by atoms with Crippen LogP contribution in [0.5, 0.6) is 0 Å². The second kappa shape index (κ2) is 5.15. The molecule has 3 N–H and O–H groups in total. The van der Waals surface area contributed by atoms with E-state index in [4.69, 9.17) is 5.73 Å². The minimum Gasteiger partial charge on any atom is -0.375 e. The molecule has 1 heterocycles. The first-order chi connectivity index (χ1) is 7.63. The molecule has 0 bridgehead atoms. The Balaban J connectivity index is 1.81. The smallest absolute Gasteiger partial charge is 0.180 e. The summed E-state index contributed by atoms with van der Waals surface area (Å²) < 4.78 is 0. The zero-order chi connectivity index (χ0) is 11.5. The fourth-order valence-corrected chi connectivity index (χ4v) is 3.40. The lowest BCUT2D eigenvalue weighted by atomic mass is 9.80. The van der Waals surface area contributed by atoms with E-state index in [-0.39, 0.29) is 0 Å². The molecule has 0 amide bonds. The first-order valence-electron chi connectivity index (χ1n) is 6.07. The molecule has 2 atom stereocenters. The number of aromatic nitrogens is 1. The quantitative estimate of drug-likeness (QED) is 0.852. The van der Waals surface area contributed by atoms with Crippen LogP contribution in [0, 0.1) is 11.8 Å². The van der Waals surface area contributed by atoms with E-state index >= 15 is 0 Å². The SMILES string of the molecule is CC1CC(C)CC(NCc2cnc(N)s2)C1. The van der Waals surface area contributed by atoms with Crippen molar-refractivity contribution in [3.05, 3.63) is 11.1 Å². The van der Waals surface area contributed by atoms with Crippen LogP contribution >= 0.6 is 11.3 Å². The summed E-state index contributed by atoms with van der Waals surface area (Å²) in [7, 11) is 0. The van der Waals surface area contributed by atoms with Crippen molar-refractivity contribution >= 4 is 16.5 Å². The Morgan fingerprint density at radius 1 is 1.38 bits per heavy atom. The normalized spacial score (nSPS) is 30.5. The van der Waals surface area contributed by atoms with E-state index in [9.17, 15) is 0 Å². The lowest BCUT2D eigenvalue weighted by molar-refractivity contribution is 0.238. The average molecular weight is 239 g/mol. The lowest BCUT2D eigenvalue weighted by Gasteiger charge is -2.32. The van der Waals surface area contributed by atoms with Crippen molar-refractivity contribution in [1.82, 2.24) is 10.3 Å². The number of hydrogen-bond acceptors (Lipinski definition) is 4. The highest BCUT2D eigenvalue weighted by Crippen LogP contribution is 2.28. The fourth-order valence-electron chi connectivity index (χ4n) is 2.76. The predicted octanol–water partition coefficient (Wildman–Crippen LogP) is 2.64. The molecule has 90 valence electrons. The molecule has 0 aliphatic heterocycles. The average Bonchev–Trinajstić information content (AvgIpc) is 2.60. The summed E-state index contributed by atoms with van der Waals surface area (Å²) in [5.74, 6) is 1.71. The van der Waals surface area contributed by atoms with Crippen molar-refractivity contribution in [2.75, 3.05) is 5.73 Å². The standard InChI is InChI=1S/C12H21N3S/c1-8-3-9(2)5-10(4-8)14-6-11-7-15-12(13)16-11/h7-10,14H,3-6H2,1-2H3,(H2,13,15). The molecule has 2 unspecified atom stereocenters. The van der Waals surface area contributed by atoms with Crippen LogP contribution in [0.3, 0.4) is 0 Å². The Labute approximate surface area is 101 Å². The summed E-state index contributed by atoms with van der Waals surface area (Å²) in [4.78, 5) is 5.31. The first-order valence-corrected chi connectivity index (χ1v) is 6.88. The van der Waals surface area contributed by atoms with Crippen LogP contribution in [0.2, 0.25) is 0 Å². The maximum Gasteiger partial charge on any atom is 0.180 e. The van der Waals surface area contributed by atoms with Crippen LogP contribution in [0.1, 0.15) is 38.0 Å². The second-order valence-corrected chi connectivity index (χ2v) is 6.31. The highest BCUT2D eigenvalue weighted by atomic mass is 32.1. The fraction of sp³-hybridized carbons (Fsp3) is 0.750. The van der Waals surface area contributed by atoms with E-state index in [0.717, 1.165) is 18.4 Å². The number of nitrogens with one attached hydrogen (secondary N) is 1. The largest absolute Gasteiger partial charge is 0.375 e. The Kier molecular flexibility index (Phi) is 3.82. The Hall–Kier alpha value is -0.610. The second-order valence-electron chi connectivity index (χ2n) is 5.16. The van der Waals surface area contributed by atoms with Crippen molar-refractivity contribution in [1.29, 1.82) is 0 Å². The Morgan fingerprint density at radius 3 is 2.62 bits per heavy atom. The molecule has 1 aliphatic carbocycles. The summed E-state index contributed by atoms with van der Waals surface area (Å²) in [6.07, 6.45) is 5.87. The number of anilines is 1. The molecular formula is C12H21N3S. The third kappa shape index (κ3) is 3.19. The van der Waals surface area contributed by atoms with Gasteiger partial charge >= 0.3 is 0 Å². The van der Waals surface area contributed by atoms with Crippen molar-refractivity contribution in [2.45, 2.75) is 45.7 Å². The molecule has 2 rings (SSSR count). The van der Waals surface area contributed by atoms with E-state index in [1.165, 1.54) is 24.1 Å². The Morgan fingerprint density at radius 2 is 2.06 bits per heavy atom. The molecule has 1 saturated carbocycles. The summed E-state index contributed by atoms with van der Waals surface area (Å²) in [5, 5.41) is 4.30. The molecule has 3 nitrogen and oxygen atoms in total. The number of thiazole rings is 1. The molecule has 1 aromatic heterocycles. The molecule has 0 saturated heterocycles. The molecule has 16 heavy (non-hydrogen) atoms. The van der Waals surface area contributed by atoms with E-state index in [1.54, 1.807) is 11.3 Å². The zero-order valence-electron chi connectivity index (χ0n) is 10.1. The van der Waals surface area contributed by atoms with Gasteiger partial charge in [-0.1, -0.05) is 13.8 Å². The highest BCUT2D eigenvalue weighted by Gasteiger charge is 2.23. The summed E-state index contributed by atoms with van der Waals surface area (Å²) in [5.41, 5.74) is 5.61. The van der Waals surface area contributed by atoms with E-state index in [2.05, 4.69) is 24.1 Å². The van der Waals surface area contributed by atoms with Gasteiger partial charge in [-0.25, -0.2) is 4.98 Å². The summed E-state index contributed by atoms with van der Waals surface area (Å²) in [6, 6.07) is 0.669. The van der Waals surface area contributed by atoms with Crippen LogP contribution < -0.4 is 11.1 Å². The van der Waals surface area contributed by atoms with E-state index in [0.29, 0.717) is 11.2 Å². The zero-order valence-corrected chi connectivity index (χ0v) is 10.9. The first kappa shape index (κ1) is 11.9. The van der Waals surface area contributed by atoms with Gasteiger partial charge in [0.2, 0.25) is 0 Å². The van der Waals surface area contributed by atoms with Crippen LogP contribution in [-0.2, 0) is 6.54 Å². The van der Waals surface area contributed by atoms with Crippen molar-refractivity contribution in [3.63, 3.8) is 0 Å². The maximum atomic E-state index is 5.61. The van der Waals surface area contributed by atoms with Gasteiger partial charge in [-0.15, -0.1) is 11.3 Å². The Bertz CT molecular complexity index is 327. The van der Waals surface area contributed by atoms with E-state index in [1.807, 2.05) is 6.20 Å².